The molecule has 322 valence electrons. The Kier molecular flexibility index (Phi) is 14.8. The van der Waals surface area contributed by atoms with E-state index in [1.165, 1.54) is 158 Å². The summed E-state index contributed by atoms with van der Waals surface area (Å²) in [7, 11) is 0. The van der Waals surface area contributed by atoms with Crippen LogP contribution in [0.4, 0.5) is 0 Å². The van der Waals surface area contributed by atoms with Gasteiger partial charge in [-0.25, -0.2) is 0 Å². The number of aryl methyl sites for hydroxylation is 4. The molecule has 0 spiro atoms. The summed E-state index contributed by atoms with van der Waals surface area (Å²) >= 11 is -3.97. The monoisotopic (exact) mass is 936 g/mol. The molecule has 0 aromatic heterocycles. The molecule has 4 aliphatic carbocycles. The van der Waals surface area contributed by atoms with Gasteiger partial charge in [0, 0.05) is 0 Å². The molecular formula is C56H76Cl2SiZr. The van der Waals surface area contributed by atoms with Crippen LogP contribution in [0.2, 0.25) is 9.26 Å². The normalized spacial score (nSPS) is 21.4. The summed E-state index contributed by atoms with van der Waals surface area (Å²) < 4.78 is 6.90. The predicted octanol–water partition coefficient (Wildman–Crippen LogP) is 17.3. The smallest absolute Gasteiger partial charge is 0.147 e. The Bertz CT molecular complexity index is 2120. The first-order valence-corrected chi connectivity index (χ1v) is 37.2. The van der Waals surface area contributed by atoms with Gasteiger partial charge in [0.05, 0.1) is 0 Å². The van der Waals surface area contributed by atoms with Crippen molar-refractivity contribution in [3.63, 3.8) is 0 Å². The minimum absolute atomic E-state index is 0. The van der Waals surface area contributed by atoms with Crippen molar-refractivity contribution in [3.8, 4) is 22.3 Å². The van der Waals surface area contributed by atoms with Crippen LogP contribution in [0.5, 0.6) is 0 Å². The minimum Gasteiger partial charge on any atom is -0.147 e. The van der Waals surface area contributed by atoms with E-state index in [1.807, 2.05) is 0 Å². The van der Waals surface area contributed by atoms with Gasteiger partial charge in [-0.15, -0.1) is 24.8 Å². The van der Waals surface area contributed by atoms with Gasteiger partial charge in [0.1, 0.15) is 0 Å². The van der Waals surface area contributed by atoms with Crippen LogP contribution in [0.25, 0.3) is 34.4 Å². The second-order valence-electron chi connectivity index (χ2n) is 22.1. The number of halogens is 2. The Morgan fingerprint density at radius 3 is 1.15 bits per heavy atom. The number of allylic oxidation sites excluding steroid dienone is 2. The van der Waals surface area contributed by atoms with Crippen molar-refractivity contribution in [3.05, 3.63) is 128 Å². The summed E-state index contributed by atoms with van der Waals surface area (Å²) in [5, 5.41) is 0. The largest absolute Gasteiger partial charge is 0.147 e. The zero-order valence-electron chi connectivity index (χ0n) is 38.6. The Morgan fingerprint density at radius 2 is 0.817 bits per heavy atom. The molecule has 2 unspecified atom stereocenters. The second kappa shape index (κ2) is 18.6. The molecule has 0 N–H and O–H groups in total. The summed E-state index contributed by atoms with van der Waals surface area (Å²) in [4.78, 5) is 0. The number of hydrogen-bond acceptors (Lipinski definition) is 0. The van der Waals surface area contributed by atoms with Crippen molar-refractivity contribution in [1.29, 1.82) is 0 Å². The van der Waals surface area contributed by atoms with Gasteiger partial charge in [-0.3, -0.25) is 0 Å². The summed E-state index contributed by atoms with van der Waals surface area (Å²) in [5.41, 5.74) is 21.8. The molecule has 0 nitrogen and oxygen atoms in total. The van der Waals surface area contributed by atoms with Gasteiger partial charge in [0.25, 0.3) is 0 Å². The molecule has 2 saturated carbocycles. The molecule has 4 heteroatoms. The minimum atomic E-state index is -3.97. The maximum atomic E-state index is 2.93. The molecule has 4 aliphatic rings. The number of benzene rings is 4. The summed E-state index contributed by atoms with van der Waals surface area (Å²) in [6, 6.07) is 29.3. The van der Waals surface area contributed by atoms with Crippen LogP contribution in [-0.4, -0.2) is 6.88 Å². The van der Waals surface area contributed by atoms with Gasteiger partial charge in [-0.1, -0.05) is 0 Å². The molecule has 2 fully saturated rings. The van der Waals surface area contributed by atoms with E-state index >= 15 is 0 Å². The van der Waals surface area contributed by atoms with Crippen molar-refractivity contribution >= 4 is 43.8 Å². The van der Waals surface area contributed by atoms with Gasteiger partial charge in [-0.05, 0) is 0 Å². The topological polar surface area (TPSA) is 0 Å². The van der Waals surface area contributed by atoms with E-state index in [1.54, 1.807) is 22.3 Å². The van der Waals surface area contributed by atoms with Crippen molar-refractivity contribution in [2.75, 3.05) is 0 Å². The van der Waals surface area contributed by atoms with E-state index in [9.17, 15) is 0 Å². The fourth-order valence-corrected chi connectivity index (χ4v) is 32.9. The van der Waals surface area contributed by atoms with E-state index in [4.69, 9.17) is 0 Å². The van der Waals surface area contributed by atoms with Crippen LogP contribution in [0.1, 0.15) is 168 Å². The van der Waals surface area contributed by atoms with Gasteiger partial charge in [-0.2, -0.15) is 0 Å². The average molecular weight is 939 g/mol. The van der Waals surface area contributed by atoms with E-state index in [-0.39, 0.29) is 24.8 Å². The number of fused-ring (bicyclic) bond motifs is 2. The molecule has 0 bridgehead atoms. The molecule has 4 aromatic rings. The third kappa shape index (κ3) is 9.74. The van der Waals surface area contributed by atoms with E-state index < -0.39 is 17.4 Å². The summed E-state index contributed by atoms with van der Waals surface area (Å²) in [5.74, 6) is 0. The summed E-state index contributed by atoms with van der Waals surface area (Å²) in [6.45, 7) is 17.0. The van der Waals surface area contributed by atoms with Crippen LogP contribution >= 0.6 is 24.8 Å². The predicted molar refractivity (Wildman–Crippen MR) is 269 cm³/mol. The Hall–Kier alpha value is -1.96. The van der Waals surface area contributed by atoms with Gasteiger partial charge in [0.15, 0.2) is 0 Å². The zero-order chi connectivity index (χ0) is 40.9. The van der Waals surface area contributed by atoms with E-state index in [0.717, 1.165) is 0 Å². The van der Waals surface area contributed by atoms with Crippen molar-refractivity contribution in [2.45, 2.75) is 161 Å². The number of rotatable bonds is 8. The summed E-state index contributed by atoms with van der Waals surface area (Å²) in [6.07, 6.45) is 27.6. The molecule has 0 saturated heterocycles. The molecule has 0 amide bonds. The van der Waals surface area contributed by atoms with Crippen LogP contribution < -0.4 is 0 Å². The van der Waals surface area contributed by atoms with Gasteiger partial charge >= 0.3 is 359 Å². The number of hydrogen-bond donors (Lipinski definition) is 0. The first-order chi connectivity index (χ1) is 27.6. The Labute approximate surface area is 380 Å². The van der Waals surface area contributed by atoms with E-state index in [2.05, 4.69) is 143 Å². The van der Waals surface area contributed by atoms with Crippen molar-refractivity contribution in [2.24, 2.45) is 10.8 Å². The van der Waals surface area contributed by atoms with Gasteiger partial charge in [0.2, 0.25) is 0 Å². The molecule has 0 aliphatic heterocycles. The Balaban J connectivity index is 0.00000302. The quantitative estimate of drug-likeness (QED) is 0.154. The molecule has 60 heavy (non-hydrogen) atoms. The molecule has 0 radical (unpaired) electrons. The third-order valence-electron chi connectivity index (χ3n) is 15.6. The van der Waals surface area contributed by atoms with Crippen LogP contribution in [-0.2, 0) is 17.4 Å². The van der Waals surface area contributed by atoms with Crippen LogP contribution in [0, 0.1) is 38.5 Å². The molecule has 8 rings (SSSR count). The zero-order valence-corrected chi connectivity index (χ0v) is 44.1. The fraction of sp³-hybridized carbons (Fsp3) is 0.500. The molecule has 0 heterocycles. The Morgan fingerprint density at radius 1 is 0.500 bits per heavy atom. The maximum absolute atomic E-state index is 3.97. The van der Waals surface area contributed by atoms with Crippen LogP contribution in [0.3, 0.4) is 0 Å². The molecular weight excluding hydrogens is 863 g/mol. The first-order valence-electron chi connectivity index (χ1n) is 23.5. The van der Waals surface area contributed by atoms with Gasteiger partial charge < -0.3 is 0 Å². The fourth-order valence-electron chi connectivity index (χ4n) is 13.3. The third-order valence-corrected chi connectivity index (χ3v) is 33.2. The molecule has 2 atom stereocenters. The van der Waals surface area contributed by atoms with Crippen LogP contribution in [0.15, 0.2) is 83.9 Å². The van der Waals surface area contributed by atoms with E-state index in [0.29, 0.717) is 18.1 Å². The second-order valence-corrected chi connectivity index (χ2v) is 52.6. The van der Waals surface area contributed by atoms with Crippen molar-refractivity contribution < 1.29 is 17.4 Å². The first kappa shape index (κ1) is 47.5. The standard InChI is InChI=1S/2C27H33.2CH3.2ClH.H2Si.Zr/c2*1-20-14-21(2)16-24(15-20)25-11-9-10-23-17-22(18-26(23)25)19-27(3)12-7-5-4-6-8-13-27;;;;;;/h2*9-11,14-18H,4-8,12-13,19H2,1-3H3;2*1H3;2*1H;1H2;. The SMILES string of the molecule is Cc1cc(C)cc(-c2cccc3c2C=C(CC2(C)CCCCCCC2)[CH]3[Zr]([CH3])([CH3])(=[SiH2])[CH]2C(CC3(C)CCCCCCC3)=Cc3c(-c4cc(C)cc(C)c4)cccc32)c1.Cl.Cl. The average Bonchev–Trinajstić information content (AvgIpc) is 3.70. The maximum Gasteiger partial charge on any atom is -0.147 e. The molecule has 4 aromatic carbocycles. The van der Waals surface area contributed by atoms with Crippen molar-refractivity contribution in [1.82, 2.24) is 0 Å².